The zero-order valence-corrected chi connectivity index (χ0v) is 12.8. The van der Waals surface area contributed by atoms with Gasteiger partial charge in [0.15, 0.2) is 0 Å². The highest BCUT2D eigenvalue weighted by molar-refractivity contribution is 6.02. The first-order valence-electron chi connectivity index (χ1n) is 6.94. The topological polar surface area (TPSA) is 59.8 Å². The van der Waals surface area contributed by atoms with Crippen LogP contribution in [0.4, 0.5) is 5.69 Å². The van der Waals surface area contributed by atoms with Crippen molar-refractivity contribution in [3.05, 3.63) is 47.6 Å². The molecular weight excluding hydrogens is 264 g/mol. The molecule has 0 bridgehead atoms. The second-order valence-electron chi connectivity index (χ2n) is 5.19. The predicted molar refractivity (Wildman–Crippen MR) is 84.0 cm³/mol. The van der Waals surface area contributed by atoms with Crippen LogP contribution in [0.1, 0.15) is 36.8 Å². The zero-order valence-electron chi connectivity index (χ0n) is 12.8. The largest absolute Gasteiger partial charge is 0.319 e. The zero-order chi connectivity index (χ0) is 15.4. The maximum Gasteiger partial charge on any atom is 0.248 e. The molecule has 2 aromatic rings. The summed E-state index contributed by atoms with van der Waals surface area (Å²) in [6.45, 7) is 7.98. The van der Waals surface area contributed by atoms with Crippen molar-refractivity contribution in [2.45, 2.75) is 33.7 Å². The molecule has 0 atom stereocenters. The molecule has 110 valence electrons. The van der Waals surface area contributed by atoms with Gasteiger partial charge >= 0.3 is 0 Å². The third kappa shape index (κ3) is 3.56. The number of amides is 1. The Balaban J connectivity index is 2.12. The van der Waals surface area contributed by atoms with E-state index in [1.54, 1.807) is 18.5 Å². The van der Waals surface area contributed by atoms with Gasteiger partial charge in [0.1, 0.15) is 0 Å². The highest BCUT2D eigenvalue weighted by Crippen LogP contribution is 2.22. The van der Waals surface area contributed by atoms with Crippen molar-refractivity contribution in [2.24, 2.45) is 0 Å². The quantitative estimate of drug-likeness (QED) is 0.877. The van der Waals surface area contributed by atoms with Crippen molar-refractivity contribution < 1.29 is 4.79 Å². The molecule has 5 nitrogen and oxygen atoms in total. The average Bonchev–Trinajstić information content (AvgIpc) is 2.74. The molecule has 0 aliphatic rings. The smallest absolute Gasteiger partial charge is 0.248 e. The number of nitrogens with one attached hydrogen (secondary N) is 1. The van der Waals surface area contributed by atoms with Gasteiger partial charge in [0, 0.05) is 24.5 Å². The van der Waals surface area contributed by atoms with E-state index < -0.39 is 0 Å². The Bertz CT molecular complexity index is 656. The first-order valence-corrected chi connectivity index (χ1v) is 6.94. The lowest BCUT2D eigenvalue weighted by molar-refractivity contribution is -0.111. The van der Waals surface area contributed by atoms with Crippen molar-refractivity contribution >= 4 is 17.7 Å². The Kier molecular flexibility index (Phi) is 4.52. The molecule has 1 amide bonds. The molecule has 0 spiro atoms. The lowest BCUT2D eigenvalue weighted by Crippen LogP contribution is -2.10. The number of hydrogen-bond donors (Lipinski definition) is 1. The fourth-order valence-electron chi connectivity index (χ4n) is 2.16. The van der Waals surface area contributed by atoms with Gasteiger partial charge in [0.25, 0.3) is 0 Å². The summed E-state index contributed by atoms with van der Waals surface area (Å²) in [5.41, 5.74) is 3.46. The summed E-state index contributed by atoms with van der Waals surface area (Å²) in [6.07, 6.45) is 6.64. The maximum atomic E-state index is 12.0. The van der Waals surface area contributed by atoms with Crippen molar-refractivity contribution in [3.8, 4) is 0 Å². The van der Waals surface area contributed by atoms with Crippen LogP contribution in [0.15, 0.2) is 30.6 Å². The standard InChI is InChI=1S/C16H20N4O/c1-11(2)20-13(4)16(12(3)19-20)18-15(21)8-7-14-6-5-9-17-10-14/h5-11H,1-4H3,(H,18,21)/b8-7+. The second-order valence-corrected chi connectivity index (χ2v) is 5.19. The van der Waals surface area contributed by atoms with Crippen LogP contribution in [0.2, 0.25) is 0 Å². The van der Waals surface area contributed by atoms with Crippen molar-refractivity contribution in [3.63, 3.8) is 0 Å². The van der Waals surface area contributed by atoms with E-state index in [0.29, 0.717) is 0 Å². The first-order chi connectivity index (χ1) is 9.99. The van der Waals surface area contributed by atoms with E-state index in [9.17, 15) is 4.79 Å². The van der Waals surface area contributed by atoms with Crippen LogP contribution in [0, 0.1) is 13.8 Å². The molecule has 0 aliphatic carbocycles. The molecule has 2 heterocycles. The number of rotatable bonds is 4. The SMILES string of the molecule is Cc1nn(C(C)C)c(C)c1NC(=O)/C=C/c1cccnc1. The van der Waals surface area contributed by atoms with Crippen molar-refractivity contribution in [2.75, 3.05) is 5.32 Å². The van der Waals surface area contributed by atoms with E-state index >= 15 is 0 Å². The summed E-state index contributed by atoms with van der Waals surface area (Å²) in [5, 5.41) is 7.34. The van der Waals surface area contributed by atoms with E-state index in [-0.39, 0.29) is 11.9 Å². The van der Waals surface area contributed by atoms with E-state index in [0.717, 1.165) is 22.6 Å². The monoisotopic (exact) mass is 284 g/mol. The number of carbonyl (C=O) groups is 1. The third-order valence-electron chi connectivity index (χ3n) is 3.17. The first kappa shape index (κ1) is 15.0. The molecule has 2 aromatic heterocycles. The predicted octanol–water partition coefficient (Wildman–Crippen LogP) is 3.13. The molecule has 0 aliphatic heterocycles. The lowest BCUT2D eigenvalue weighted by Gasteiger charge is -2.08. The Hall–Kier alpha value is -2.43. The Labute approximate surface area is 124 Å². The number of pyridine rings is 1. The van der Waals surface area contributed by atoms with Gasteiger partial charge in [-0.15, -0.1) is 0 Å². The van der Waals surface area contributed by atoms with Crippen LogP contribution < -0.4 is 5.32 Å². The molecule has 21 heavy (non-hydrogen) atoms. The van der Waals surface area contributed by atoms with Gasteiger partial charge in [-0.2, -0.15) is 5.10 Å². The van der Waals surface area contributed by atoms with Gasteiger partial charge in [-0.1, -0.05) is 6.07 Å². The number of aryl methyl sites for hydroxylation is 1. The summed E-state index contributed by atoms with van der Waals surface area (Å²) >= 11 is 0. The van der Waals surface area contributed by atoms with Gasteiger partial charge in [0.2, 0.25) is 5.91 Å². The number of nitrogens with zero attached hydrogens (tertiary/aromatic N) is 3. The van der Waals surface area contributed by atoms with Crippen LogP contribution in [-0.2, 0) is 4.79 Å². The normalized spacial score (nSPS) is 11.3. The third-order valence-corrected chi connectivity index (χ3v) is 3.17. The Morgan fingerprint density at radius 2 is 2.14 bits per heavy atom. The van der Waals surface area contributed by atoms with Crippen LogP contribution in [0.3, 0.4) is 0 Å². The van der Waals surface area contributed by atoms with E-state index in [1.807, 2.05) is 30.7 Å². The van der Waals surface area contributed by atoms with Crippen LogP contribution >= 0.6 is 0 Å². The van der Waals surface area contributed by atoms with Gasteiger partial charge in [-0.25, -0.2) is 0 Å². The summed E-state index contributed by atoms with van der Waals surface area (Å²) in [6, 6.07) is 3.99. The molecule has 0 radical (unpaired) electrons. The summed E-state index contributed by atoms with van der Waals surface area (Å²) in [4.78, 5) is 16.0. The van der Waals surface area contributed by atoms with Crippen LogP contribution in [0.25, 0.3) is 6.08 Å². The van der Waals surface area contributed by atoms with Crippen molar-refractivity contribution in [1.82, 2.24) is 14.8 Å². The van der Waals surface area contributed by atoms with Gasteiger partial charge in [-0.3, -0.25) is 14.5 Å². The number of carbonyl (C=O) groups excluding carboxylic acids is 1. The number of anilines is 1. The Morgan fingerprint density at radius 3 is 2.71 bits per heavy atom. The highest BCUT2D eigenvalue weighted by Gasteiger charge is 2.14. The van der Waals surface area contributed by atoms with E-state index in [2.05, 4.69) is 29.2 Å². The fourth-order valence-corrected chi connectivity index (χ4v) is 2.16. The van der Waals surface area contributed by atoms with Crippen molar-refractivity contribution in [1.29, 1.82) is 0 Å². The summed E-state index contributed by atoms with van der Waals surface area (Å²) in [7, 11) is 0. The van der Waals surface area contributed by atoms with Gasteiger partial charge in [0.05, 0.1) is 17.1 Å². The minimum Gasteiger partial charge on any atom is -0.319 e. The van der Waals surface area contributed by atoms with Gasteiger partial charge in [-0.05, 0) is 45.4 Å². The minimum atomic E-state index is -0.173. The minimum absolute atomic E-state index is 0.173. The molecule has 0 aromatic carbocycles. The number of aromatic nitrogens is 3. The van der Waals surface area contributed by atoms with E-state index in [1.165, 1.54) is 6.08 Å². The molecule has 0 saturated heterocycles. The summed E-state index contributed by atoms with van der Waals surface area (Å²) < 4.78 is 1.91. The molecule has 2 rings (SSSR count). The molecular formula is C16H20N4O. The number of hydrogen-bond acceptors (Lipinski definition) is 3. The molecule has 5 heteroatoms. The van der Waals surface area contributed by atoms with E-state index in [4.69, 9.17) is 0 Å². The molecule has 0 saturated carbocycles. The maximum absolute atomic E-state index is 12.0. The van der Waals surface area contributed by atoms with Crippen LogP contribution in [-0.4, -0.2) is 20.7 Å². The second kappa shape index (κ2) is 6.35. The Morgan fingerprint density at radius 1 is 1.38 bits per heavy atom. The summed E-state index contributed by atoms with van der Waals surface area (Å²) in [5.74, 6) is -0.173. The highest BCUT2D eigenvalue weighted by atomic mass is 16.1. The fraction of sp³-hybridized carbons (Fsp3) is 0.312. The molecule has 0 unspecified atom stereocenters. The lowest BCUT2D eigenvalue weighted by atomic mass is 10.2. The van der Waals surface area contributed by atoms with Crippen LogP contribution in [0.5, 0.6) is 0 Å². The molecule has 1 N–H and O–H groups in total. The average molecular weight is 284 g/mol. The van der Waals surface area contributed by atoms with Gasteiger partial charge < -0.3 is 5.32 Å². The molecule has 0 fully saturated rings.